The van der Waals surface area contributed by atoms with Gasteiger partial charge in [-0.3, -0.25) is 9.59 Å². The molecule has 2 N–H and O–H groups in total. The number of halogens is 1. The number of nitrogens with one attached hydrogen (secondary N) is 2. The lowest BCUT2D eigenvalue weighted by molar-refractivity contribution is -0.114. The predicted octanol–water partition coefficient (Wildman–Crippen LogP) is 4.04. The first-order valence-corrected chi connectivity index (χ1v) is 7.76. The maximum Gasteiger partial charge on any atom is 0.272 e. The van der Waals surface area contributed by atoms with Crippen LogP contribution in [0.2, 0.25) is 5.02 Å². The van der Waals surface area contributed by atoms with Crippen LogP contribution in [0.1, 0.15) is 17.4 Å². The second-order valence-corrected chi connectivity index (χ2v) is 5.94. The molecule has 5 nitrogen and oxygen atoms in total. The Balaban J connectivity index is 1.87. The van der Waals surface area contributed by atoms with Gasteiger partial charge in [0, 0.05) is 41.3 Å². The first kappa shape index (κ1) is 16.1. The number of hydrogen-bond acceptors (Lipinski definition) is 2. The van der Waals surface area contributed by atoms with Crippen molar-refractivity contribution in [1.29, 1.82) is 0 Å². The SMILES string of the molecule is CC(=O)Nc1cccc(NC(=O)c2cc3cc(Cl)ccc3n2C)c1. The number of nitrogens with zero attached hydrogens (tertiary/aromatic N) is 1. The second kappa shape index (κ2) is 6.37. The van der Waals surface area contributed by atoms with Gasteiger partial charge in [-0.2, -0.15) is 0 Å². The Kier molecular flexibility index (Phi) is 4.27. The van der Waals surface area contributed by atoms with E-state index >= 15 is 0 Å². The highest BCUT2D eigenvalue weighted by Gasteiger charge is 2.14. The lowest BCUT2D eigenvalue weighted by atomic mass is 10.2. The molecule has 0 aliphatic rings. The Morgan fingerprint density at radius 2 is 1.71 bits per heavy atom. The molecule has 0 atom stereocenters. The molecule has 0 fully saturated rings. The molecular weight excluding hydrogens is 326 g/mol. The summed E-state index contributed by atoms with van der Waals surface area (Å²) < 4.78 is 1.82. The molecular formula is C18H16ClN3O2. The van der Waals surface area contributed by atoms with Crippen molar-refractivity contribution in [2.45, 2.75) is 6.92 Å². The van der Waals surface area contributed by atoms with Gasteiger partial charge in [-0.05, 0) is 42.5 Å². The molecule has 2 amide bonds. The predicted molar refractivity (Wildman–Crippen MR) is 96.6 cm³/mol. The second-order valence-electron chi connectivity index (χ2n) is 5.51. The van der Waals surface area contributed by atoms with Crippen molar-refractivity contribution >= 4 is 45.7 Å². The smallest absolute Gasteiger partial charge is 0.272 e. The van der Waals surface area contributed by atoms with Gasteiger partial charge in [0.05, 0.1) is 0 Å². The fourth-order valence-corrected chi connectivity index (χ4v) is 2.79. The molecule has 1 aromatic heterocycles. The number of aryl methyl sites for hydroxylation is 1. The van der Waals surface area contributed by atoms with Gasteiger partial charge in [-0.25, -0.2) is 0 Å². The lowest BCUT2D eigenvalue weighted by Crippen LogP contribution is -2.15. The number of rotatable bonds is 3. The van der Waals surface area contributed by atoms with Gasteiger partial charge >= 0.3 is 0 Å². The van der Waals surface area contributed by atoms with E-state index < -0.39 is 0 Å². The third kappa shape index (κ3) is 3.26. The van der Waals surface area contributed by atoms with Crippen molar-refractivity contribution in [3.05, 3.63) is 59.2 Å². The van der Waals surface area contributed by atoms with Crippen molar-refractivity contribution in [3.63, 3.8) is 0 Å². The van der Waals surface area contributed by atoms with Crippen molar-refractivity contribution in [3.8, 4) is 0 Å². The molecule has 0 saturated heterocycles. The zero-order valence-corrected chi connectivity index (χ0v) is 14.0. The number of carbonyl (C=O) groups is 2. The van der Waals surface area contributed by atoms with Gasteiger partial charge in [0.2, 0.25) is 5.91 Å². The monoisotopic (exact) mass is 341 g/mol. The zero-order chi connectivity index (χ0) is 17.3. The number of carbonyl (C=O) groups excluding carboxylic acids is 2. The Bertz CT molecular complexity index is 947. The molecule has 1 heterocycles. The Hall–Kier alpha value is -2.79. The highest BCUT2D eigenvalue weighted by molar-refractivity contribution is 6.31. The molecule has 0 spiro atoms. The van der Waals surface area contributed by atoms with E-state index in [2.05, 4.69) is 10.6 Å². The summed E-state index contributed by atoms with van der Waals surface area (Å²) in [7, 11) is 1.83. The fourth-order valence-electron chi connectivity index (χ4n) is 2.61. The van der Waals surface area contributed by atoms with E-state index in [1.165, 1.54) is 6.92 Å². The minimum absolute atomic E-state index is 0.163. The highest BCUT2D eigenvalue weighted by Crippen LogP contribution is 2.23. The van der Waals surface area contributed by atoms with E-state index in [1.807, 2.05) is 23.7 Å². The summed E-state index contributed by atoms with van der Waals surface area (Å²) in [5.74, 6) is -0.395. The van der Waals surface area contributed by atoms with Gasteiger partial charge in [-0.15, -0.1) is 0 Å². The normalized spacial score (nSPS) is 10.6. The van der Waals surface area contributed by atoms with Crippen molar-refractivity contribution in [2.24, 2.45) is 7.05 Å². The molecule has 0 radical (unpaired) electrons. The average molecular weight is 342 g/mol. The quantitative estimate of drug-likeness (QED) is 0.755. The van der Waals surface area contributed by atoms with Gasteiger partial charge in [0.1, 0.15) is 5.69 Å². The van der Waals surface area contributed by atoms with Crippen LogP contribution in [0.3, 0.4) is 0 Å². The van der Waals surface area contributed by atoms with Crippen LogP contribution in [0.5, 0.6) is 0 Å². The van der Waals surface area contributed by atoms with E-state index in [0.717, 1.165) is 10.9 Å². The topological polar surface area (TPSA) is 63.1 Å². The zero-order valence-electron chi connectivity index (χ0n) is 13.3. The molecule has 6 heteroatoms. The summed E-state index contributed by atoms with van der Waals surface area (Å²) in [5, 5.41) is 7.06. The number of aromatic nitrogens is 1. The molecule has 2 aromatic carbocycles. The van der Waals surface area contributed by atoms with Gasteiger partial charge in [-0.1, -0.05) is 17.7 Å². The van der Waals surface area contributed by atoms with Gasteiger partial charge in [0.15, 0.2) is 0 Å². The summed E-state index contributed by atoms with van der Waals surface area (Å²) in [6.07, 6.45) is 0. The average Bonchev–Trinajstić information content (AvgIpc) is 2.83. The van der Waals surface area contributed by atoms with Crippen LogP contribution in [0.25, 0.3) is 10.9 Å². The summed E-state index contributed by atoms with van der Waals surface area (Å²) in [5.41, 5.74) is 2.69. The first-order chi connectivity index (χ1) is 11.4. The van der Waals surface area contributed by atoms with Gasteiger partial charge in [0.25, 0.3) is 5.91 Å². The Labute approximate surface area is 144 Å². The van der Waals surface area contributed by atoms with Gasteiger partial charge < -0.3 is 15.2 Å². The third-order valence-electron chi connectivity index (χ3n) is 3.68. The van der Waals surface area contributed by atoms with E-state index in [-0.39, 0.29) is 11.8 Å². The largest absolute Gasteiger partial charge is 0.340 e. The summed E-state index contributed by atoms with van der Waals surface area (Å²) in [6.45, 7) is 1.44. The third-order valence-corrected chi connectivity index (χ3v) is 3.91. The number of hydrogen-bond donors (Lipinski definition) is 2. The molecule has 3 rings (SSSR count). The maximum atomic E-state index is 12.6. The van der Waals surface area contributed by atoms with Crippen molar-refractivity contribution in [2.75, 3.05) is 10.6 Å². The van der Waals surface area contributed by atoms with Crippen LogP contribution in [0, 0.1) is 0 Å². The molecule has 3 aromatic rings. The van der Waals surface area contributed by atoms with Crippen LogP contribution in [0.4, 0.5) is 11.4 Å². The van der Waals surface area contributed by atoms with Crippen LogP contribution in [0.15, 0.2) is 48.5 Å². The molecule has 24 heavy (non-hydrogen) atoms. The maximum absolute atomic E-state index is 12.6. The number of amides is 2. The minimum atomic E-state index is -0.232. The first-order valence-electron chi connectivity index (χ1n) is 7.38. The summed E-state index contributed by atoms with van der Waals surface area (Å²) >= 11 is 6.00. The van der Waals surface area contributed by atoms with Crippen molar-refractivity contribution < 1.29 is 9.59 Å². The molecule has 0 unspecified atom stereocenters. The number of anilines is 2. The Morgan fingerprint density at radius 1 is 1.00 bits per heavy atom. The summed E-state index contributed by atoms with van der Waals surface area (Å²) in [4.78, 5) is 23.7. The number of benzene rings is 2. The fraction of sp³-hybridized carbons (Fsp3) is 0.111. The van der Waals surface area contributed by atoms with Crippen LogP contribution in [-0.2, 0) is 11.8 Å². The van der Waals surface area contributed by atoms with Crippen molar-refractivity contribution in [1.82, 2.24) is 4.57 Å². The lowest BCUT2D eigenvalue weighted by Gasteiger charge is -2.08. The Morgan fingerprint density at radius 3 is 2.42 bits per heavy atom. The molecule has 0 bridgehead atoms. The van der Waals surface area contributed by atoms with E-state index in [9.17, 15) is 9.59 Å². The van der Waals surface area contributed by atoms with Crippen LogP contribution < -0.4 is 10.6 Å². The molecule has 0 aliphatic carbocycles. The van der Waals surface area contributed by atoms with E-state index in [4.69, 9.17) is 11.6 Å². The minimum Gasteiger partial charge on any atom is -0.340 e. The summed E-state index contributed by atoms with van der Waals surface area (Å²) in [6, 6.07) is 14.3. The number of fused-ring (bicyclic) bond motifs is 1. The van der Waals surface area contributed by atoms with Crippen LogP contribution >= 0.6 is 11.6 Å². The molecule has 0 aliphatic heterocycles. The molecule has 122 valence electrons. The molecule has 0 saturated carbocycles. The highest BCUT2D eigenvalue weighted by atomic mass is 35.5. The van der Waals surface area contributed by atoms with E-state index in [0.29, 0.717) is 22.1 Å². The standard InChI is InChI=1S/C18H16ClN3O2/c1-11(23)20-14-4-3-5-15(10-14)21-18(24)17-9-12-8-13(19)6-7-16(12)22(17)2/h3-10H,1-2H3,(H,20,23)(H,21,24). The van der Waals surface area contributed by atoms with Crippen LogP contribution in [-0.4, -0.2) is 16.4 Å². The van der Waals surface area contributed by atoms with E-state index in [1.54, 1.807) is 36.4 Å².